The van der Waals surface area contributed by atoms with Gasteiger partial charge in [0.05, 0.1) is 18.0 Å². The van der Waals surface area contributed by atoms with Crippen molar-refractivity contribution in [3.05, 3.63) is 57.0 Å². The molecule has 1 heterocycles. The fourth-order valence-electron chi connectivity index (χ4n) is 1.50. The highest BCUT2D eigenvalue weighted by atomic mass is 35.5. The first-order valence-electron chi connectivity index (χ1n) is 5.58. The van der Waals surface area contributed by atoms with Gasteiger partial charge in [0.2, 0.25) is 0 Å². The Bertz CT molecular complexity index is 727. The summed E-state index contributed by atoms with van der Waals surface area (Å²) in [6.45, 7) is 0. The molecule has 0 saturated heterocycles. The highest BCUT2D eigenvalue weighted by Crippen LogP contribution is 2.31. The molecule has 0 unspecified atom stereocenters. The number of rotatable bonds is 3. The van der Waals surface area contributed by atoms with Crippen LogP contribution in [-0.4, -0.2) is 16.4 Å². The molecule has 9 heteroatoms. The van der Waals surface area contributed by atoms with Crippen LogP contribution in [0.1, 0.15) is 11.1 Å². The van der Waals surface area contributed by atoms with E-state index in [0.717, 1.165) is 12.3 Å². The lowest BCUT2D eigenvalue weighted by molar-refractivity contribution is -0.137. The van der Waals surface area contributed by atoms with E-state index in [0.29, 0.717) is 0 Å². The number of hydrogen-bond donors (Lipinski definition) is 2. The second-order valence-electron chi connectivity index (χ2n) is 3.88. The Labute approximate surface area is 121 Å². The predicted octanol–water partition coefficient (Wildman–Crippen LogP) is 2.89. The number of aromatic amines is 1. The molecule has 0 fully saturated rings. The van der Waals surface area contributed by atoms with Crippen LogP contribution in [-0.2, 0) is 6.18 Å². The molecule has 1 aromatic heterocycles. The van der Waals surface area contributed by atoms with Crippen molar-refractivity contribution in [2.45, 2.75) is 6.18 Å². The topological polar surface area (TPSA) is 70.1 Å². The summed E-state index contributed by atoms with van der Waals surface area (Å²) >= 11 is 5.68. The van der Waals surface area contributed by atoms with Gasteiger partial charge in [-0.05, 0) is 6.07 Å². The van der Waals surface area contributed by atoms with E-state index in [1.807, 2.05) is 0 Å². The molecule has 0 aliphatic heterocycles. The maximum absolute atomic E-state index is 12.8. The summed E-state index contributed by atoms with van der Waals surface area (Å²) in [7, 11) is 0. The van der Waals surface area contributed by atoms with Gasteiger partial charge in [0.25, 0.3) is 5.56 Å². The van der Waals surface area contributed by atoms with E-state index in [1.165, 1.54) is 24.4 Å². The van der Waals surface area contributed by atoms with Gasteiger partial charge in [-0.15, -0.1) is 0 Å². The van der Waals surface area contributed by atoms with Crippen molar-refractivity contribution in [3.63, 3.8) is 0 Å². The Morgan fingerprint density at radius 3 is 2.76 bits per heavy atom. The number of nitrogens with one attached hydrogen (secondary N) is 2. The van der Waals surface area contributed by atoms with E-state index in [-0.39, 0.29) is 16.3 Å². The van der Waals surface area contributed by atoms with Crippen LogP contribution >= 0.6 is 11.6 Å². The van der Waals surface area contributed by atoms with Gasteiger partial charge >= 0.3 is 6.18 Å². The summed E-state index contributed by atoms with van der Waals surface area (Å²) in [5, 5.41) is 9.04. The third kappa shape index (κ3) is 3.60. The lowest BCUT2D eigenvalue weighted by Crippen LogP contribution is -2.11. The van der Waals surface area contributed by atoms with Gasteiger partial charge in [-0.1, -0.05) is 29.8 Å². The molecule has 2 rings (SSSR count). The third-order valence-electron chi connectivity index (χ3n) is 2.45. The third-order valence-corrected chi connectivity index (χ3v) is 2.83. The predicted molar refractivity (Wildman–Crippen MR) is 72.5 cm³/mol. The smallest absolute Gasteiger partial charge is 0.275 e. The minimum absolute atomic E-state index is 0.0844. The molecule has 0 saturated carbocycles. The van der Waals surface area contributed by atoms with Crippen molar-refractivity contribution < 1.29 is 13.2 Å². The quantitative estimate of drug-likeness (QED) is 0.675. The first-order valence-corrected chi connectivity index (χ1v) is 5.96. The molecule has 2 aromatic rings. The number of H-pyrrole nitrogens is 1. The Hall–Kier alpha value is -2.35. The molecule has 21 heavy (non-hydrogen) atoms. The number of nitrogens with zero attached hydrogens (tertiary/aromatic N) is 2. The molecule has 0 aliphatic carbocycles. The normalized spacial score (nSPS) is 11.8. The van der Waals surface area contributed by atoms with E-state index in [1.54, 1.807) is 0 Å². The Kier molecular flexibility index (Phi) is 4.27. The minimum atomic E-state index is -4.48. The van der Waals surface area contributed by atoms with Gasteiger partial charge in [0.1, 0.15) is 10.7 Å². The van der Waals surface area contributed by atoms with Crippen LogP contribution in [0.25, 0.3) is 0 Å². The highest BCUT2D eigenvalue weighted by molar-refractivity contribution is 6.32. The van der Waals surface area contributed by atoms with Crippen LogP contribution < -0.4 is 11.0 Å². The lowest BCUT2D eigenvalue weighted by Gasteiger charge is -2.09. The zero-order chi connectivity index (χ0) is 15.5. The van der Waals surface area contributed by atoms with Crippen molar-refractivity contribution in [1.29, 1.82) is 0 Å². The lowest BCUT2D eigenvalue weighted by atomic mass is 10.1. The van der Waals surface area contributed by atoms with E-state index >= 15 is 0 Å². The van der Waals surface area contributed by atoms with Gasteiger partial charge in [-0.3, -0.25) is 10.2 Å². The van der Waals surface area contributed by atoms with E-state index in [2.05, 4.69) is 20.7 Å². The van der Waals surface area contributed by atoms with Gasteiger partial charge in [-0.2, -0.15) is 23.4 Å². The first-order chi connectivity index (χ1) is 9.89. The van der Waals surface area contributed by atoms with Crippen LogP contribution in [0.3, 0.4) is 0 Å². The Balaban J connectivity index is 2.23. The summed E-state index contributed by atoms with van der Waals surface area (Å²) in [6.07, 6.45) is -2.30. The summed E-state index contributed by atoms with van der Waals surface area (Å²) in [5.41, 5.74) is 0.888. The van der Waals surface area contributed by atoms with Crippen molar-refractivity contribution >= 4 is 23.5 Å². The summed E-state index contributed by atoms with van der Waals surface area (Å²) in [5.74, 6) is 0. The molecule has 110 valence electrons. The fraction of sp³-hybridized carbons (Fsp3) is 0.0833. The number of halogens is 4. The first kappa shape index (κ1) is 15.0. The average Bonchev–Trinajstić information content (AvgIpc) is 2.43. The maximum Gasteiger partial charge on any atom is 0.417 e. The minimum Gasteiger partial charge on any atom is -0.275 e. The van der Waals surface area contributed by atoms with Crippen LogP contribution in [0.4, 0.5) is 18.9 Å². The number of anilines is 1. The molecule has 5 nitrogen and oxygen atoms in total. The largest absolute Gasteiger partial charge is 0.417 e. The van der Waals surface area contributed by atoms with Crippen molar-refractivity contribution in [2.24, 2.45) is 5.10 Å². The van der Waals surface area contributed by atoms with Gasteiger partial charge < -0.3 is 0 Å². The SMILES string of the molecule is O=c1[nH]ncc(N/N=C\c2ccccc2C(F)(F)F)c1Cl. The molecule has 0 spiro atoms. The molecular weight excluding hydrogens is 309 g/mol. The van der Waals surface area contributed by atoms with Crippen LogP contribution in [0.2, 0.25) is 5.02 Å². The van der Waals surface area contributed by atoms with E-state index in [9.17, 15) is 18.0 Å². The molecular formula is C12H8ClF3N4O. The molecule has 0 bridgehead atoms. The average molecular weight is 317 g/mol. The maximum atomic E-state index is 12.8. The molecule has 0 radical (unpaired) electrons. The number of hydrazone groups is 1. The Morgan fingerprint density at radius 2 is 2.05 bits per heavy atom. The summed E-state index contributed by atoms with van der Waals surface area (Å²) < 4.78 is 38.3. The van der Waals surface area contributed by atoms with Crippen LogP contribution in [0.15, 0.2) is 40.4 Å². The van der Waals surface area contributed by atoms with E-state index < -0.39 is 17.3 Å². The van der Waals surface area contributed by atoms with E-state index in [4.69, 9.17) is 11.6 Å². The molecule has 0 amide bonds. The molecule has 0 atom stereocenters. The Morgan fingerprint density at radius 1 is 1.33 bits per heavy atom. The fourth-order valence-corrected chi connectivity index (χ4v) is 1.63. The van der Waals surface area contributed by atoms with Crippen LogP contribution in [0, 0.1) is 0 Å². The highest BCUT2D eigenvalue weighted by Gasteiger charge is 2.32. The van der Waals surface area contributed by atoms with Gasteiger partial charge in [-0.25, -0.2) is 5.10 Å². The second kappa shape index (κ2) is 5.96. The van der Waals surface area contributed by atoms with Gasteiger partial charge in [0, 0.05) is 5.56 Å². The number of benzene rings is 1. The second-order valence-corrected chi connectivity index (χ2v) is 4.26. The molecule has 1 aromatic carbocycles. The number of aromatic nitrogens is 2. The summed E-state index contributed by atoms with van der Waals surface area (Å²) in [4.78, 5) is 11.2. The van der Waals surface area contributed by atoms with Crippen LogP contribution in [0.5, 0.6) is 0 Å². The van der Waals surface area contributed by atoms with Crippen molar-refractivity contribution in [2.75, 3.05) is 5.43 Å². The van der Waals surface area contributed by atoms with Crippen molar-refractivity contribution in [3.8, 4) is 0 Å². The zero-order valence-electron chi connectivity index (χ0n) is 10.3. The van der Waals surface area contributed by atoms with Crippen molar-refractivity contribution in [1.82, 2.24) is 10.2 Å². The standard InChI is InChI=1S/C12H8ClF3N4O/c13-10-9(6-18-20-11(10)21)19-17-5-7-3-1-2-4-8(7)12(14,15)16/h1-6H,(H2,19,20,21)/b17-5-. The molecule has 0 aliphatic rings. The van der Waals surface area contributed by atoms with Gasteiger partial charge in [0.15, 0.2) is 0 Å². The number of hydrogen-bond acceptors (Lipinski definition) is 4. The number of alkyl halides is 3. The molecule has 2 N–H and O–H groups in total. The summed E-state index contributed by atoms with van der Waals surface area (Å²) in [6, 6.07) is 4.96. The monoisotopic (exact) mass is 316 g/mol. The zero-order valence-corrected chi connectivity index (χ0v) is 11.0.